The second kappa shape index (κ2) is 6.34. The summed E-state index contributed by atoms with van der Waals surface area (Å²) < 4.78 is 0. The predicted molar refractivity (Wildman–Crippen MR) is 102 cm³/mol. The van der Waals surface area contributed by atoms with E-state index in [0.717, 1.165) is 55.4 Å². The number of piperidine rings is 1. The fourth-order valence-electron chi connectivity index (χ4n) is 5.46. The van der Waals surface area contributed by atoms with Gasteiger partial charge in [-0.3, -0.25) is 19.8 Å². The molecule has 2 aromatic rings. The monoisotopic (exact) mass is 371 g/mol. The van der Waals surface area contributed by atoms with E-state index in [9.17, 15) is 20.0 Å². The summed E-state index contributed by atoms with van der Waals surface area (Å²) in [5, 5.41) is 22.0. The number of fused-ring (bicyclic) bond motifs is 5. The Kier molecular flexibility index (Phi) is 4.22. The van der Waals surface area contributed by atoms with E-state index in [2.05, 4.69) is 16.8 Å². The Morgan fingerprint density at radius 3 is 2.93 bits per heavy atom. The van der Waals surface area contributed by atoms with E-state index in [1.54, 1.807) is 12.1 Å². The predicted octanol–water partition coefficient (Wildman–Crippen LogP) is 3.89. The maximum absolute atomic E-state index is 11.9. The van der Waals surface area contributed by atoms with Crippen molar-refractivity contribution < 1.29 is 14.8 Å². The lowest BCUT2D eigenvalue weighted by atomic mass is 9.61. The van der Waals surface area contributed by atoms with Crippen molar-refractivity contribution in [2.75, 3.05) is 13.1 Å². The molecule has 4 rings (SSSR count). The minimum absolute atomic E-state index is 0.0116. The van der Waals surface area contributed by atoms with Gasteiger partial charge >= 0.3 is 5.97 Å². The maximum atomic E-state index is 11.9. The van der Waals surface area contributed by atoms with Gasteiger partial charge in [-0.05, 0) is 43.9 Å². The van der Waals surface area contributed by atoms with E-state index in [-0.39, 0.29) is 22.1 Å². The third kappa shape index (κ3) is 2.56. The summed E-state index contributed by atoms with van der Waals surface area (Å²) in [6, 6.07) is 4.99. The van der Waals surface area contributed by atoms with Gasteiger partial charge in [0.25, 0.3) is 5.69 Å². The third-order valence-corrected chi connectivity index (χ3v) is 6.94. The Morgan fingerprint density at radius 1 is 1.48 bits per heavy atom. The van der Waals surface area contributed by atoms with Crippen LogP contribution < -0.4 is 0 Å². The van der Waals surface area contributed by atoms with Crippen LogP contribution in [0, 0.1) is 21.4 Å². The molecule has 0 aliphatic carbocycles. The molecule has 1 aromatic heterocycles. The highest BCUT2D eigenvalue weighted by Crippen LogP contribution is 2.55. The molecule has 1 aromatic carbocycles. The van der Waals surface area contributed by atoms with Crippen molar-refractivity contribution >= 4 is 22.6 Å². The normalized spacial score (nSPS) is 26.4. The summed E-state index contributed by atoms with van der Waals surface area (Å²) in [4.78, 5) is 28.6. The molecule has 3 atom stereocenters. The van der Waals surface area contributed by atoms with Gasteiger partial charge in [-0.25, -0.2) is 0 Å². The Hall–Kier alpha value is -2.41. The first-order chi connectivity index (χ1) is 12.9. The Morgan fingerprint density at radius 2 is 2.26 bits per heavy atom. The highest BCUT2D eigenvalue weighted by atomic mass is 16.6. The molecule has 7 nitrogen and oxygen atoms in total. The van der Waals surface area contributed by atoms with E-state index >= 15 is 0 Å². The number of nitrogens with zero attached hydrogens (tertiary/aromatic N) is 2. The van der Waals surface area contributed by atoms with Crippen molar-refractivity contribution in [1.82, 2.24) is 9.88 Å². The number of carboxylic acids is 1. The maximum Gasteiger partial charge on any atom is 0.306 e. The molecule has 2 aliphatic rings. The zero-order valence-corrected chi connectivity index (χ0v) is 15.7. The number of nitrogens with one attached hydrogen (secondary N) is 1. The summed E-state index contributed by atoms with van der Waals surface area (Å²) >= 11 is 0. The lowest BCUT2D eigenvalue weighted by Gasteiger charge is -2.53. The SMILES string of the molecule is CCC1(C(C)C(=O)O)CCCN2CCc3c([nH]c4cc([N+](=O)[O-])ccc34)C21. The minimum atomic E-state index is -0.752. The van der Waals surface area contributed by atoms with Crippen LogP contribution in [-0.4, -0.2) is 39.0 Å². The Bertz CT molecular complexity index is 921. The van der Waals surface area contributed by atoms with Gasteiger partial charge in [0.2, 0.25) is 0 Å². The molecule has 144 valence electrons. The molecule has 3 heterocycles. The summed E-state index contributed by atoms with van der Waals surface area (Å²) in [7, 11) is 0. The summed E-state index contributed by atoms with van der Waals surface area (Å²) in [6.45, 7) is 5.78. The molecule has 7 heteroatoms. The number of rotatable bonds is 4. The molecule has 0 radical (unpaired) electrons. The molecule has 1 saturated heterocycles. The van der Waals surface area contributed by atoms with Gasteiger partial charge in [0.15, 0.2) is 0 Å². The summed E-state index contributed by atoms with van der Waals surface area (Å²) in [6.07, 6.45) is 3.55. The minimum Gasteiger partial charge on any atom is -0.481 e. The summed E-state index contributed by atoms with van der Waals surface area (Å²) in [5.41, 5.74) is 2.76. The Balaban J connectivity index is 1.90. The van der Waals surface area contributed by atoms with Crippen LogP contribution in [0.2, 0.25) is 0 Å². The first kappa shape index (κ1) is 18.0. The van der Waals surface area contributed by atoms with Gasteiger partial charge in [-0.2, -0.15) is 0 Å². The van der Waals surface area contributed by atoms with Crippen LogP contribution in [0.1, 0.15) is 50.4 Å². The number of aromatic nitrogens is 1. The number of non-ortho nitro benzene ring substituents is 1. The number of nitro benzene ring substituents is 1. The fraction of sp³-hybridized carbons (Fsp3) is 0.550. The lowest BCUT2D eigenvalue weighted by Crippen LogP contribution is -2.53. The van der Waals surface area contributed by atoms with Crippen LogP contribution in [-0.2, 0) is 11.2 Å². The van der Waals surface area contributed by atoms with Crippen molar-refractivity contribution in [2.45, 2.75) is 45.6 Å². The molecule has 3 unspecified atom stereocenters. The van der Waals surface area contributed by atoms with Crippen LogP contribution in [0.4, 0.5) is 5.69 Å². The standard InChI is InChI=1S/C20H25N3O4/c1-3-20(12(2)19(24)25)8-4-9-22-10-7-15-14-6-5-13(23(26)27)11-16(14)21-17(15)18(20)22/h5-6,11-12,18,21H,3-4,7-10H2,1-2H3,(H,24,25). The van der Waals surface area contributed by atoms with Gasteiger partial charge in [0.05, 0.1) is 22.4 Å². The van der Waals surface area contributed by atoms with Crippen molar-refractivity contribution in [3.8, 4) is 0 Å². The van der Waals surface area contributed by atoms with Crippen molar-refractivity contribution in [1.29, 1.82) is 0 Å². The number of hydrogen-bond acceptors (Lipinski definition) is 4. The molecule has 2 aliphatic heterocycles. The number of H-pyrrole nitrogens is 1. The number of carboxylic acid groups (broad SMARTS) is 1. The van der Waals surface area contributed by atoms with Crippen molar-refractivity contribution in [3.63, 3.8) is 0 Å². The van der Waals surface area contributed by atoms with Crippen LogP contribution in [0.5, 0.6) is 0 Å². The molecule has 0 amide bonds. The average molecular weight is 371 g/mol. The Labute approximate surface area is 157 Å². The molecule has 0 bridgehead atoms. The highest BCUT2D eigenvalue weighted by Gasteiger charge is 2.52. The van der Waals surface area contributed by atoms with Gasteiger partial charge in [-0.15, -0.1) is 0 Å². The first-order valence-electron chi connectivity index (χ1n) is 9.64. The van der Waals surface area contributed by atoms with E-state index in [1.165, 1.54) is 5.56 Å². The third-order valence-electron chi connectivity index (χ3n) is 6.94. The van der Waals surface area contributed by atoms with Crippen molar-refractivity contribution in [2.24, 2.45) is 11.3 Å². The van der Waals surface area contributed by atoms with E-state index < -0.39 is 11.9 Å². The number of aromatic amines is 1. The van der Waals surface area contributed by atoms with Gasteiger partial charge < -0.3 is 10.1 Å². The molecular weight excluding hydrogens is 346 g/mol. The van der Waals surface area contributed by atoms with Crippen LogP contribution in [0.25, 0.3) is 10.9 Å². The quantitative estimate of drug-likeness (QED) is 0.627. The van der Waals surface area contributed by atoms with E-state index in [4.69, 9.17) is 0 Å². The fourth-order valence-corrected chi connectivity index (χ4v) is 5.46. The largest absolute Gasteiger partial charge is 0.481 e. The smallest absolute Gasteiger partial charge is 0.306 e. The molecule has 2 N–H and O–H groups in total. The van der Waals surface area contributed by atoms with Crippen LogP contribution in [0.3, 0.4) is 0 Å². The molecular formula is C20H25N3O4. The number of carbonyl (C=O) groups is 1. The lowest BCUT2D eigenvalue weighted by molar-refractivity contribution is -0.384. The second-order valence-corrected chi connectivity index (χ2v) is 7.94. The van der Waals surface area contributed by atoms with Gasteiger partial charge in [0, 0.05) is 35.2 Å². The molecule has 27 heavy (non-hydrogen) atoms. The van der Waals surface area contributed by atoms with Crippen molar-refractivity contribution in [3.05, 3.63) is 39.6 Å². The zero-order valence-electron chi connectivity index (χ0n) is 15.7. The number of benzene rings is 1. The highest BCUT2D eigenvalue weighted by molar-refractivity contribution is 5.87. The topological polar surface area (TPSA) is 99.5 Å². The average Bonchev–Trinajstić information content (AvgIpc) is 3.04. The number of aliphatic carboxylic acids is 1. The molecule has 1 fully saturated rings. The zero-order chi connectivity index (χ0) is 19.3. The van der Waals surface area contributed by atoms with Crippen LogP contribution in [0.15, 0.2) is 18.2 Å². The number of hydrogen-bond donors (Lipinski definition) is 2. The van der Waals surface area contributed by atoms with Crippen LogP contribution >= 0.6 is 0 Å². The van der Waals surface area contributed by atoms with Gasteiger partial charge in [0.1, 0.15) is 0 Å². The number of nitro groups is 1. The van der Waals surface area contributed by atoms with E-state index in [1.807, 2.05) is 13.0 Å². The molecule has 0 saturated carbocycles. The first-order valence-corrected chi connectivity index (χ1v) is 9.64. The second-order valence-electron chi connectivity index (χ2n) is 7.94. The summed E-state index contributed by atoms with van der Waals surface area (Å²) in [5.74, 6) is -1.21. The van der Waals surface area contributed by atoms with Gasteiger partial charge in [-0.1, -0.05) is 13.8 Å². The van der Waals surface area contributed by atoms with E-state index in [0.29, 0.717) is 0 Å². The molecule has 0 spiro atoms.